The fourth-order valence-electron chi connectivity index (χ4n) is 5.05. The molecule has 1 aromatic heterocycles. The Morgan fingerprint density at radius 3 is 2.00 bits per heavy atom. The van der Waals surface area contributed by atoms with E-state index in [9.17, 15) is 9.59 Å². The molecule has 4 rings (SSSR count). The molecule has 0 aromatic carbocycles. The second-order valence-electron chi connectivity index (χ2n) is 13.5. The monoisotopic (exact) mass is 543 g/mol. The lowest BCUT2D eigenvalue weighted by molar-refractivity contribution is -0.135. The van der Waals surface area contributed by atoms with E-state index in [1.165, 1.54) is 0 Å². The van der Waals surface area contributed by atoms with Gasteiger partial charge in [-0.15, -0.1) is 0 Å². The summed E-state index contributed by atoms with van der Waals surface area (Å²) in [4.78, 5) is 39.4. The Bertz CT molecular complexity index is 1010. The van der Waals surface area contributed by atoms with Crippen LogP contribution in [-0.2, 0) is 18.8 Å². The van der Waals surface area contributed by atoms with Crippen LogP contribution in [0.3, 0.4) is 0 Å². The summed E-state index contributed by atoms with van der Waals surface area (Å²) in [5, 5.41) is 2.79. The normalized spacial score (nSPS) is 22.1. The zero-order valence-corrected chi connectivity index (χ0v) is 25.1. The summed E-state index contributed by atoms with van der Waals surface area (Å²) in [5.41, 5.74) is -0.646. The lowest BCUT2D eigenvalue weighted by Crippen LogP contribution is -2.55. The van der Waals surface area contributed by atoms with E-state index in [1.807, 2.05) is 79.6 Å². The first-order chi connectivity index (χ1) is 18.1. The largest absolute Gasteiger partial charge is 0.498 e. The van der Waals surface area contributed by atoms with Crippen molar-refractivity contribution in [2.45, 2.75) is 123 Å². The quantitative estimate of drug-likeness (QED) is 0.523. The molecule has 11 heteroatoms. The average molecular weight is 544 g/mol. The van der Waals surface area contributed by atoms with Crippen LogP contribution >= 0.6 is 0 Å². The maximum Gasteiger partial charge on any atom is 0.498 e. The highest BCUT2D eigenvalue weighted by atomic mass is 16.7. The Hall–Kier alpha value is -2.40. The minimum Gasteiger partial charge on any atom is -0.444 e. The fraction of sp³-hybridized carbons (Fsp3) is 0.786. The zero-order valence-electron chi connectivity index (χ0n) is 25.1. The van der Waals surface area contributed by atoms with Gasteiger partial charge in [0, 0.05) is 43.0 Å². The maximum absolute atomic E-state index is 13.4. The number of nitrogens with one attached hydrogen (secondary N) is 1. The second kappa shape index (κ2) is 10.9. The van der Waals surface area contributed by atoms with Crippen molar-refractivity contribution < 1.29 is 23.6 Å². The molecule has 0 spiro atoms. The van der Waals surface area contributed by atoms with Gasteiger partial charge in [-0.2, -0.15) is 0 Å². The number of anilines is 1. The molecule has 2 saturated heterocycles. The van der Waals surface area contributed by atoms with Gasteiger partial charge in [-0.1, -0.05) is 13.8 Å². The predicted molar refractivity (Wildman–Crippen MR) is 151 cm³/mol. The van der Waals surface area contributed by atoms with Gasteiger partial charge in [0.2, 0.25) is 11.9 Å². The van der Waals surface area contributed by atoms with Crippen LogP contribution < -0.4 is 15.7 Å². The van der Waals surface area contributed by atoms with Crippen LogP contribution in [0.15, 0.2) is 12.4 Å². The third-order valence-electron chi connectivity index (χ3n) is 8.13. The summed E-state index contributed by atoms with van der Waals surface area (Å²) in [6, 6.07) is 0.0551. The number of likely N-dealkylation sites (tertiary alicyclic amines) is 1. The molecule has 1 aromatic rings. The first-order valence-electron chi connectivity index (χ1n) is 14.3. The van der Waals surface area contributed by atoms with Gasteiger partial charge in [-0.25, -0.2) is 14.8 Å². The summed E-state index contributed by atoms with van der Waals surface area (Å²) in [5.74, 6) is 0.603. The Kier molecular flexibility index (Phi) is 8.25. The highest BCUT2D eigenvalue weighted by molar-refractivity contribution is 6.61. The zero-order chi connectivity index (χ0) is 28.8. The molecule has 3 aliphatic rings. The van der Waals surface area contributed by atoms with E-state index in [2.05, 4.69) is 10.2 Å². The number of ether oxygens (including phenoxy) is 1. The van der Waals surface area contributed by atoms with Crippen LogP contribution in [0.2, 0.25) is 0 Å². The van der Waals surface area contributed by atoms with Crippen molar-refractivity contribution in [3.05, 3.63) is 12.4 Å². The first-order valence-corrected chi connectivity index (χ1v) is 14.3. The summed E-state index contributed by atoms with van der Waals surface area (Å²) in [6.07, 6.45) is 6.95. The molecule has 3 fully saturated rings. The lowest BCUT2D eigenvalue weighted by atomic mass is 9.81. The van der Waals surface area contributed by atoms with Crippen LogP contribution in [0.4, 0.5) is 10.7 Å². The van der Waals surface area contributed by atoms with Crippen molar-refractivity contribution in [3.8, 4) is 0 Å². The van der Waals surface area contributed by atoms with Crippen LogP contribution in [-0.4, -0.2) is 82.0 Å². The number of carbonyl (C=O) groups excluding carboxylic acids is 2. The maximum atomic E-state index is 13.4. The lowest BCUT2D eigenvalue weighted by Gasteiger charge is -2.40. The molecule has 1 atom stereocenters. The number of carbonyl (C=O) groups is 2. The van der Waals surface area contributed by atoms with Crippen molar-refractivity contribution in [3.63, 3.8) is 0 Å². The molecule has 1 N–H and O–H groups in total. The van der Waals surface area contributed by atoms with Gasteiger partial charge in [0.1, 0.15) is 11.6 Å². The molecule has 0 unspecified atom stereocenters. The van der Waals surface area contributed by atoms with Crippen molar-refractivity contribution in [1.82, 2.24) is 20.2 Å². The minimum atomic E-state index is -0.623. The molecular formula is C28H46BN5O5. The number of hydrogen-bond acceptors (Lipinski definition) is 8. The minimum absolute atomic E-state index is 0.0541. The van der Waals surface area contributed by atoms with Gasteiger partial charge in [-0.05, 0) is 80.1 Å². The smallest absolute Gasteiger partial charge is 0.444 e. The topological polar surface area (TPSA) is 106 Å². The van der Waals surface area contributed by atoms with E-state index in [0.717, 1.165) is 31.1 Å². The Morgan fingerprint density at radius 2 is 1.54 bits per heavy atom. The molecule has 216 valence electrons. The van der Waals surface area contributed by atoms with E-state index in [-0.39, 0.29) is 17.9 Å². The molecule has 10 nitrogen and oxygen atoms in total. The SMILES string of the molecule is CC(C)[C@@H](NC(=O)OC(C)(C)C)C(=O)N1CCC(N(c2ncc(B3OC(C)(C)C(C)(C)O3)cn2)C2CC2)CC1. The van der Waals surface area contributed by atoms with E-state index < -0.39 is 36.1 Å². The highest BCUT2D eigenvalue weighted by Crippen LogP contribution is 2.37. The predicted octanol–water partition coefficient (Wildman–Crippen LogP) is 3.28. The fourth-order valence-corrected chi connectivity index (χ4v) is 5.05. The number of amides is 2. The molecule has 2 amide bonds. The van der Waals surface area contributed by atoms with Crippen LogP contribution in [0, 0.1) is 5.92 Å². The van der Waals surface area contributed by atoms with E-state index >= 15 is 0 Å². The van der Waals surface area contributed by atoms with Crippen molar-refractivity contribution in [1.29, 1.82) is 0 Å². The average Bonchev–Trinajstić information content (AvgIpc) is 3.63. The molecule has 2 aliphatic heterocycles. The van der Waals surface area contributed by atoms with E-state index in [1.54, 1.807) is 0 Å². The first kappa shape index (κ1) is 29.6. The van der Waals surface area contributed by atoms with Gasteiger partial charge in [0.25, 0.3) is 0 Å². The highest BCUT2D eigenvalue weighted by Gasteiger charge is 2.52. The summed E-state index contributed by atoms with van der Waals surface area (Å²) in [6.45, 7) is 18.7. The van der Waals surface area contributed by atoms with Crippen molar-refractivity contribution >= 4 is 30.5 Å². The van der Waals surface area contributed by atoms with Gasteiger partial charge in [-0.3, -0.25) is 4.79 Å². The standard InChI is InChI=1S/C28H46BN5O5/c1-18(2)22(32-25(36)37-26(3,4)5)23(35)33-14-12-21(13-15-33)34(20-10-11-20)24-30-16-19(17-31-24)29-38-27(6,7)28(8,9)39-29/h16-18,20-22H,10-15H2,1-9H3,(H,32,36)/t22-/m1/s1. The van der Waals surface area contributed by atoms with E-state index in [0.29, 0.717) is 25.1 Å². The van der Waals surface area contributed by atoms with Crippen molar-refractivity contribution in [2.75, 3.05) is 18.0 Å². The molecule has 1 saturated carbocycles. The third-order valence-corrected chi connectivity index (χ3v) is 8.13. The number of hydrogen-bond donors (Lipinski definition) is 1. The number of alkyl carbamates (subject to hydrolysis) is 1. The number of piperidine rings is 1. The number of rotatable bonds is 7. The molecular weight excluding hydrogens is 497 g/mol. The van der Waals surface area contributed by atoms with Gasteiger partial charge < -0.3 is 29.2 Å². The van der Waals surface area contributed by atoms with Crippen molar-refractivity contribution in [2.24, 2.45) is 5.92 Å². The van der Waals surface area contributed by atoms with Gasteiger partial charge in [0.05, 0.1) is 11.2 Å². The van der Waals surface area contributed by atoms with E-state index in [4.69, 9.17) is 24.0 Å². The van der Waals surface area contributed by atoms with Crippen LogP contribution in [0.25, 0.3) is 0 Å². The second-order valence-corrected chi connectivity index (χ2v) is 13.5. The molecule has 3 heterocycles. The molecule has 1 aliphatic carbocycles. The van der Waals surface area contributed by atoms with Crippen LogP contribution in [0.5, 0.6) is 0 Å². The Morgan fingerprint density at radius 1 is 1.03 bits per heavy atom. The third kappa shape index (κ3) is 6.85. The van der Waals surface area contributed by atoms with Gasteiger partial charge in [0.15, 0.2) is 0 Å². The molecule has 0 radical (unpaired) electrons. The summed E-state index contributed by atoms with van der Waals surface area (Å²) < 4.78 is 17.7. The summed E-state index contributed by atoms with van der Waals surface area (Å²) >= 11 is 0. The number of nitrogens with zero attached hydrogens (tertiary/aromatic N) is 4. The Labute approximate surface area is 233 Å². The van der Waals surface area contributed by atoms with Gasteiger partial charge >= 0.3 is 13.2 Å². The van der Waals surface area contributed by atoms with Crippen LogP contribution in [0.1, 0.15) is 88.0 Å². The Balaban J connectivity index is 1.38. The molecule has 39 heavy (non-hydrogen) atoms. The summed E-state index contributed by atoms with van der Waals surface area (Å²) in [7, 11) is -0.490. The number of aromatic nitrogens is 2. The molecule has 0 bridgehead atoms.